The molecule has 10 heteroatoms. The molecule has 2 aromatic heterocycles. The lowest BCUT2D eigenvalue weighted by Crippen LogP contribution is -2.31. The van der Waals surface area contributed by atoms with E-state index in [0.717, 1.165) is 31.1 Å². The van der Waals surface area contributed by atoms with Crippen molar-refractivity contribution in [3.8, 4) is 11.8 Å². The van der Waals surface area contributed by atoms with E-state index in [4.69, 9.17) is 0 Å². The van der Waals surface area contributed by atoms with Crippen molar-refractivity contribution in [1.82, 2.24) is 24.2 Å². The van der Waals surface area contributed by atoms with Gasteiger partial charge in [0, 0.05) is 54.9 Å². The second-order valence-electron chi connectivity index (χ2n) is 10.2. The number of carbonyl (C=O) groups is 1. The fourth-order valence-corrected chi connectivity index (χ4v) is 4.84. The summed E-state index contributed by atoms with van der Waals surface area (Å²) in [4.78, 5) is 25.5. The Morgan fingerprint density at radius 3 is 2.73 bits per heavy atom. The van der Waals surface area contributed by atoms with Gasteiger partial charge in [-0.25, -0.2) is 4.98 Å². The summed E-state index contributed by atoms with van der Waals surface area (Å²) in [6, 6.07) is 9.35. The first-order valence-corrected chi connectivity index (χ1v) is 12.9. The van der Waals surface area contributed by atoms with Crippen LogP contribution < -0.4 is 5.32 Å². The van der Waals surface area contributed by atoms with Crippen LogP contribution in [0.4, 0.5) is 18.9 Å². The first-order valence-electron chi connectivity index (χ1n) is 12.9. The number of likely N-dealkylation sites (N-methyl/N-ethyl adjacent to an activating group) is 1. The van der Waals surface area contributed by atoms with E-state index >= 15 is 0 Å². The van der Waals surface area contributed by atoms with E-state index in [1.165, 1.54) is 12.1 Å². The lowest BCUT2D eigenvalue weighted by molar-refractivity contribution is -0.138. The molecule has 2 aromatic carbocycles. The molecular weight excluding hydrogens is 517 g/mol. The summed E-state index contributed by atoms with van der Waals surface area (Å²) in [5.41, 5.74) is 2.66. The minimum absolute atomic E-state index is 0.0845. The summed E-state index contributed by atoms with van der Waals surface area (Å²) in [6.07, 6.45) is 3.04. The molecule has 1 saturated heterocycles. The van der Waals surface area contributed by atoms with E-state index in [0.29, 0.717) is 28.5 Å². The molecule has 5 rings (SSSR count). The van der Waals surface area contributed by atoms with Gasteiger partial charge in [-0.05, 0) is 68.8 Å². The smallest absolute Gasteiger partial charge is 0.322 e. The largest absolute Gasteiger partial charge is 0.416 e. The van der Waals surface area contributed by atoms with Gasteiger partial charge in [0.2, 0.25) is 0 Å². The second-order valence-corrected chi connectivity index (χ2v) is 10.2. The summed E-state index contributed by atoms with van der Waals surface area (Å²) in [6.45, 7) is 3.54. The number of carbonyl (C=O) groups excluding carboxylic acids is 1. The lowest BCUT2D eigenvalue weighted by atomic mass is 10.0. The van der Waals surface area contributed by atoms with Gasteiger partial charge in [0.25, 0.3) is 5.91 Å². The molecule has 4 aromatic rings. The lowest BCUT2D eigenvalue weighted by Gasteiger charge is -2.22. The Morgan fingerprint density at radius 2 is 1.98 bits per heavy atom. The number of fused-ring (bicyclic) bond motifs is 1. The van der Waals surface area contributed by atoms with Crippen molar-refractivity contribution in [2.45, 2.75) is 32.1 Å². The molecule has 0 spiro atoms. The Kier molecular flexibility index (Phi) is 7.61. The zero-order valence-electron chi connectivity index (χ0n) is 22.5. The molecule has 1 aliphatic heterocycles. The van der Waals surface area contributed by atoms with Crippen molar-refractivity contribution in [1.29, 1.82) is 0 Å². The molecule has 0 aliphatic carbocycles. The van der Waals surface area contributed by atoms with Crippen LogP contribution in [0.15, 0.2) is 61.2 Å². The van der Waals surface area contributed by atoms with Crippen LogP contribution in [0.5, 0.6) is 0 Å². The average Bonchev–Trinajstić information content (AvgIpc) is 3.56. The fourth-order valence-electron chi connectivity index (χ4n) is 4.84. The molecule has 1 unspecified atom stereocenters. The van der Waals surface area contributed by atoms with Gasteiger partial charge >= 0.3 is 6.18 Å². The van der Waals surface area contributed by atoms with Gasteiger partial charge in [-0.2, -0.15) is 13.2 Å². The highest BCUT2D eigenvalue weighted by Gasteiger charge is 2.35. The van der Waals surface area contributed by atoms with Crippen molar-refractivity contribution >= 4 is 17.2 Å². The second kappa shape index (κ2) is 11.1. The third-order valence-electron chi connectivity index (χ3n) is 7.19. The molecule has 0 saturated carbocycles. The van der Waals surface area contributed by atoms with Crippen LogP contribution in [0, 0.1) is 18.8 Å². The Bertz CT molecular complexity index is 1620. The number of aromatic nitrogens is 3. The number of benzene rings is 2. The summed E-state index contributed by atoms with van der Waals surface area (Å²) < 4.78 is 43.8. The van der Waals surface area contributed by atoms with Gasteiger partial charge in [0.1, 0.15) is 5.69 Å². The Balaban J connectivity index is 1.34. The fraction of sp³-hybridized carbons (Fsp3) is 0.300. The van der Waals surface area contributed by atoms with Crippen LogP contribution in [-0.4, -0.2) is 63.3 Å². The first kappa shape index (κ1) is 27.4. The van der Waals surface area contributed by atoms with Gasteiger partial charge in [-0.15, -0.1) is 0 Å². The Morgan fingerprint density at radius 1 is 1.15 bits per heavy atom. The first-order chi connectivity index (χ1) is 19.1. The van der Waals surface area contributed by atoms with Crippen LogP contribution in [0.1, 0.15) is 44.7 Å². The monoisotopic (exact) mass is 546 g/mol. The van der Waals surface area contributed by atoms with Gasteiger partial charge in [-0.3, -0.25) is 19.1 Å². The van der Waals surface area contributed by atoms with Crippen molar-refractivity contribution in [2.24, 2.45) is 0 Å². The summed E-state index contributed by atoms with van der Waals surface area (Å²) in [5.74, 6) is 5.63. The molecule has 1 fully saturated rings. The highest BCUT2D eigenvalue weighted by Crippen LogP contribution is 2.35. The van der Waals surface area contributed by atoms with Crippen molar-refractivity contribution in [2.75, 3.05) is 32.5 Å². The zero-order chi connectivity index (χ0) is 28.4. The Hall–Kier alpha value is -4.20. The maximum atomic E-state index is 14.0. The number of halogens is 3. The van der Waals surface area contributed by atoms with Gasteiger partial charge in [-0.1, -0.05) is 18.1 Å². The third-order valence-corrected chi connectivity index (χ3v) is 7.19. The SMILES string of the molecule is Cc1ccc(C(=O)Nc2ccc(CN3CCC(N(C)C)C3)c(C(F)(F)F)c2)cc1C#Cc1cnc2cnccn12. The van der Waals surface area contributed by atoms with Gasteiger partial charge in [0.05, 0.1) is 18.0 Å². The molecule has 0 radical (unpaired) electrons. The van der Waals surface area contributed by atoms with Crippen LogP contribution in [0.3, 0.4) is 0 Å². The number of imidazole rings is 1. The van der Waals surface area contributed by atoms with Crippen LogP contribution in [0.25, 0.3) is 5.65 Å². The van der Waals surface area contributed by atoms with Crippen molar-refractivity contribution in [3.63, 3.8) is 0 Å². The molecule has 7 nitrogen and oxygen atoms in total. The molecule has 206 valence electrons. The number of amides is 1. The molecule has 1 N–H and O–H groups in total. The van der Waals surface area contributed by atoms with Crippen LogP contribution in [-0.2, 0) is 12.7 Å². The number of alkyl halides is 3. The summed E-state index contributed by atoms with van der Waals surface area (Å²) in [7, 11) is 3.96. The number of hydrogen-bond acceptors (Lipinski definition) is 5. The average molecular weight is 547 g/mol. The maximum Gasteiger partial charge on any atom is 0.416 e. The highest BCUT2D eigenvalue weighted by molar-refractivity contribution is 6.04. The molecular formula is C30H29F3N6O. The normalized spacial score (nSPS) is 15.8. The van der Waals surface area contributed by atoms with Crippen LogP contribution in [0.2, 0.25) is 0 Å². The summed E-state index contributed by atoms with van der Waals surface area (Å²) >= 11 is 0. The van der Waals surface area contributed by atoms with E-state index < -0.39 is 17.6 Å². The number of likely N-dealkylation sites (tertiary alicyclic amines) is 1. The number of nitrogens with one attached hydrogen (secondary N) is 1. The minimum Gasteiger partial charge on any atom is -0.322 e. The Labute approximate surface area is 230 Å². The van der Waals surface area contributed by atoms with Crippen molar-refractivity contribution in [3.05, 3.63) is 94.7 Å². The topological polar surface area (TPSA) is 65.8 Å². The maximum absolute atomic E-state index is 14.0. The molecule has 1 aliphatic rings. The number of hydrogen-bond donors (Lipinski definition) is 1. The molecule has 3 heterocycles. The number of nitrogens with zero attached hydrogens (tertiary/aromatic N) is 5. The number of rotatable bonds is 5. The van der Waals surface area contributed by atoms with E-state index in [2.05, 4.69) is 32.0 Å². The third kappa shape index (κ3) is 6.01. The zero-order valence-corrected chi connectivity index (χ0v) is 22.5. The quantitative estimate of drug-likeness (QED) is 0.363. The molecule has 1 amide bonds. The minimum atomic E-state index is -4.54. The van der Waals surface area contributed by atoms with Crippen molar-refractivity contribution < 1.29 is 18.0 Å². The molecule has 1 atom stereocenters. The van der Waals surface area contributed by atoms with E-state index in [9.17, 15) is 18.0 Å². The van der Waals surface area contributed by atoms with Gasteiger partial charge < -0.3 is 10.2 Å². The van der Waals surface area contributed by atoms with Gasteiger partial charge in [0.15, 0.2) is 5.65 Å². The molecule has 0 bridgehead atoms. The highest BCUT2D eigenvalue weighted by atomic mass is 19.4. The summed E-state index contributed by atoms with van der Waals surface area (Å²) in [5, 5.41) is 2.63. The van der Waals surface area contributed by atoms with E-state index in [1.54, 1.807) is 47.4 Å². The predicted molar refractivity (Wildman–Crippen MR) is 147 cm³/mol. The standard InChI is InChI=1S/C30H29F3N6O/c1-20-4-5-22(14-21(20)7-9-25-16-35-28-17-34-11-13-39(25)28)29(40)36-24-8-6-23(27(15-24)30(31,32)33)18-38-12-10-26(19-38)37(2)3/h4-6,8,11,13-17,26H,10,12,18-19H2,1-3H3,(H,36,40). The van der Waals surface area contributed by atoms with E-state index in [-0.39, 0.29) is 17.8 Å². The predicted octanol–water partition coefficient (Wildman–Crippen LogP) is 4.84. The van der Waals surface area contributed by atoms with E-state index in [1.807, 2.05) is 25.9 Å². The molecule has 40 heavy (non-hydrogen) atoms. The van der Waals surface area contributed by atoms with Crippen LogP contribution >= 0.6 is 0 Å². The number of aryl methyl sites for hydroxylation is 1. The number of anilines is 1.